The molecule has 0 radical (unpaired) electrons. The number of hydrogen-bond donors (Lipinski definition) is 0. The number of amides is 1. The Morgan fingerprint density at radius 1 is 1.25 bits per heavy atom. The van der Waals surface area contributed by atoms with Gasteiger partial charge in [-0.3, -0.25) is 4.79 Å². The molecular formula is C17H16FN3O2S. The lowest BCUT2D eigenvalue weighted by molar-refractivity contribution is -0.130. The number of hydrogen-bond acceptors (Lipinski definition) is 5. The van der Waals surface area contributed by atoms with Crippen molar-refractivity contribution in [3.8, 4) is 11.5 Å². The maximum Gasteiger partial charge on any atom is 0.248 e. The molecule has 0 saturated carbocycles. The third kappa shape index (κ3) is 4.05. The largest absolute Gasteiger partial charge is 0.421 e. The zero-order valence-corrected chi connectivity index (χ0v) is 13.9. The van der Waals surface area contributed by atoms with Crippen LogP contribution in [0.3, 0.4) is 0 Å². The van der Waals surface area contributed by atoms with Gasteiger partial charge in [0.15, 0.2) is 0 Å². The van der Waals surface area contributed by atoms with Gasteiger partial charge in [-0.05, 0) is 29.1 Å². The highest BCUT2D eigenvalue weighted by atomic mass is 32.1. The number of halogens is 1. The number of nitrogens with zero attached hydrogens (tertiary/aromatic N) is 3. The third-order valence-electron chi connectivity index (χ3n) is 3.55. The van der Waals surface area contributed by atoms with E-state index in [2.05, 4.69) is 10.2 Å². The zero-order valence-electron chi connectivity index (χ0n) is 13.1. The summed E-state index contributed by atoms with van der Waals surface area (Å²) in [4.78, 5) is 13.8. The molecule has 1 aromatic carbocycles. The standard InChI is InChI=1S/C17H16FN3O2S/c1-21(10-12-2-4-14(18)5-3-12)16(22)7-6-15-19-20-17(23-15)13-8-9-24-11-13/h2-5,8-9,11H,6-7,10H2,1H3. The topological polar surface area (TPSA) is 59.2 Å². The molecule has 0 N–H and O–H groups in total. The average molecular weight is 345 g/mol. The molecule has 3 aromatic rings. The maximum atomic E-state index is 12.9. The van der Waals surface area contributed by atoms with Crippen LogP contribution in [-0.4, -0.2) is 28.1 Å². The monoisotopic (exact) mass is 345 g/mol. The van der Waals surface area contributed by atoms with E-state index in [9.17, 15) is 9.18 Å². The molecule has 24 heavy (non-hydrogen) atoms. The van der Waals surface area contributed by atoms with Gasteiger partial charge >= 0.3 is 0 Å². The van der Waals surface area contributed by atoms with E-state index < -0.39 is 0 Å². The van der Waals surface area contributed by atoms with Crippen molar-refractivity contribution in [1.82, 2.24) is 15.1 Å². The summed E-state index contributed by atoms with van der Waals surface area (Å²) in [5.41, 5.74) is 1.77. The summed E-state index contributed by atoms with van der Waals surface area (Å²) in [6, 6.07) is 8.02. The van der Waals surface area contributed by atoms with Crippen LogP contribution in [0.2, 0.25) is 0 Å². The number of aryl methyl sites for hydroxylation is 1. The maximum absolute atomic E-state index is 12.9. The Morgan fingerprint density at radius 2 is 2.04 bits per heavy atom. The lowest BCUT2D eigenvalue weighted by atomic mass is 10.2. The highest BCUT2D eigenvalue weighted by Gasteiger charge is 2.13. The number of rotatable bonds is 6. The summed E-state index contributed by atoms with van der Waals surface area (Å²) in [5, 5.41) is 11.8. The first-order valence-electron chi connectivity index (χ1n) is 7.45. The molecule has 7 heteroatoms. The van der Waals surface area contributed by atoms with Crippen LogP contribution in [0.1, 0.15) is 17.9 Å². The van der Waals surface area contributed by atoms with Gasteiger partial charge in [0.1, 0.15) is 5.82 Å². The Balaban J connectivity index is 1.52. The van der Waals surface area contributed by atoms with Crippen molar-refractivity contribution in [2.24, 2.45) is 0 Å². The average Bonchev–Trinajstić information content (AvgIpc) is 3.25. The summed E-state index contributed by atoms with van der Waals surface area (Å²) in [5.74, 6) is 0.596. The SMILES string of the molecule is CN(Cc1ccc(F)cc1)C(=O)CCc1nnc(-c2ccsc2)o1. The minimum atomic E-state index is -0.287. The molecule has 2 heterocycles. The summed E-state index contributed by atoms with van der Waals surface area (Å²) < 4.78 is 18.5. The van der Waals surface area contributed by atoms with Crippen molar-refractivity contribution in [3.05, 3.63) is 58.4 Å². The van der Waals surface area contributed by atoms with Gasteiger partial charge in [0.25, 0.3) is 0 Å². The van der Waals surface area contributed by atoms with E-state index >= 15 is 0 Å². The van der Waals surface area contributed by atoms with Crippen LogP contribution in [0.5, 0.6) is 0 Å². The van der Waals surface area contributed by atoms with Crippen molar-refractivity contribution in [2.75, 3.05) is 7.05 Å². The molecule has 0 bridgehead atoms. The number of aromatic nitrogens is 2. The summed E-state index contributed by atoms with van der Waals surface area (Å²) in [7, 11) is 1.72. The summed E-state index contributed by atoms with van der Waals surface area (Å²) in [6.07, 6.45) is 0.673. The van der Waals surface area contributed by atoms with Crippen molar-refractivity contribution in [3.63, 3.8) is 0 Å². The minimum absolute atomic E-state index is 0.0328. The molecule has 0 aliphatic heterocycles. The molecule has 2 aromatic heterocycles. The Labute approximate surface area is 142 Å². The van der Waals surface area contributed by atoms with Crippen LogP contribution < -0.4 is 0 Å². The Kier molecular flexibility index (Phi) is 5.00. The van der Waals surface area contributed by atoms with Crippen molar-refractivity contribution in [2.45, 2.75) is 19.4 Å². The van der Waals surface area contributed by atoms with Gasteiger partial charge < -0.3 is 9.32 Å². The van der Waals surface area contributed by atoms with Crippen molar-refractivity contribution >= 4 is 17.2 Å². The van der Waals surface area contributed by atoms with E-state index in [1.54, 1.807) is 35.4 Å². The third-order valence-corrected chi connectivity index (χ3v) is 4.23. The minimum Gasteiger partial charge on any atom is -0.421 e. The fourth-order valence-corrected chi connectivity index (χ4v) is 2.84. The fraction of sp³-hybridized carbons (Fsp3) is 0.235. The van der Waals surface area contributed by atoms with Gasteiger partial charge in [0, 0.05) is 37.4 Å². The number of thiophene rings is 1. The van der Waals surface area contributed by atoms with E-state index in [0.29, 0.717) is 24.7 Å². The second kappa shape index (κ2) is 7.35. The molecular weight excluding hydrogens is 329 g/mol. The molecule has 0 aliphatic carbocycles. The van der Waals surface area contributed by atoms with E-state index in [4.69, 9.17) is 4.42 Å². The zero-order chi connectivity index (χ0) is 16.9. The van der Waals surface area contributed by atoms with E-state index in [1.807, 2.05) is 16.8 Å². The van der Waals surface area contributed by atoms with E-state index in [0.717, 1.165) is 11.1 Å². The highest BCUT2D eigenvalue weighted by molar-refractivity contribution is 7.08. The van der Waals surface area contributed by atoms with Gasteiger partial charge in [-0.2, -0.15) is 11.3 Å². The van der Waals surface area contributed by atoms with Crippen LogP contribution >= 0.6 is 11.3 Å². The molecule has 1 amide bonds. The first-order chi connectivity index (χ1) is 11.6. The molecule has 0 atom stereocenters. The molecule has 0 fully saturated rings. The number of benzene rings is 1. The Morgan fingerprint density at radius 3 is 2.75 bits per heavy atom. The second-order valence-electron chi connectivity index (χ2n) is 5.39. The molecule has 0 saturated heterocycles. The molecule has 3 rings (SSSR count). The fourth-order valence-electron chi connectivity index (χ4n) is 2.21. The predicted molar refractivity (Wildman–Crippen MR) is 88.8 cm³/mol. The van der Waals surface area contributed by atoms with Gasteiger partial charge in [0.2, 0.25) is 17.7 Å². The highest BCUT2D eigenvalue weighted by Crippen LogP contribution is 2.20. The van der Waals surface area contributed by atoms with Gasteiger partial charge in [-0.15, -0.1) is 10.2 Å². The smallest absolute Gasteiger partial charge is 0.248 e. The Bertz CT molecular complexity index is 800. The molecule has 5 nitrogen and oxygen atoms in total. The molecule has 0 unspecified atom stereocenters. The van der Waals surface area contributed by atoms with Gasteiger partial charge in [0.05, 0.1) is 0 Å². The predicted octanol–water partition coefficient (Wildman–Crippen LogP) is 3.53. The van der Waals surface area contributed by atoms with Crippen LogP contribution in [0.15, 0.2) is 45.5 Å². The van der Waals surface area contributed by atoms with E-state index in [-0.39, 0.29) is 18.1 Å². The lowest BCUT2D eigenvalue weighted by Gasteiger charge is -2.16. The molecule has 0 aliphatic rings. The van der Waals surface area contributed by atoms with Crippen molar-refractivity contribution < 1.29 is 13.6 Å². The lowest BCUT2D eigenvalue weighted by Crippen LogP contribution is -2.26. The van der Waals surface area contributed by atoms with Crippen LogP contribution in [0, 0.1) is 5.82 Å². The number of carbonyl (C=O) groups excluding carboxylic acids is 1. The quantitative estimate of drug-likeness (QED) is 0.686. The Hall–Kier alpha value is -2.54. The summed E-state index contributed by atoms with van der Waals surface area (Å²) >= 11 is 1.56. The normalized spacial score (nSPS) is 10.8. The van der Waals surface area contributed by atoms with Crippen LogP contribution in [0.4, 0.5) is 4.39 Å². The summed E-state index contributed by atoms with van der Waals surface area (Å²) in [6.45, 7) is 0.434. The first-order valence-corrected chi connectivity index (χ1v) is 8.39. The van der Waals surface area contributed by atoms with Gasteiger partial charge in [-0.1, -0.05) is 12.1 Å². The first kappa shape index (κ1) is 16.3. The van der Waals surface area contributed by atoms with E-state index in [1.165, 1.54) is 12.1 Å². The van der Waals surface area contributed by atoms with Crippen molar-refractivity contribution in [1.29, 1.82) is 0 Å². The molecule has 0 spiro atoms. The van der Waals surface area contributed by atoms with Gasteiger partial charge in [-0.25, -0.2) is 4.39 Å². The molecule has 124 valence electrons. The van der Waals surface area contributed by atoms with Crippen LogP contribution in [0.25, 0.3) is 11.5 Å². The van der Waals surface area contributed by atoms with Crippen LogP contribution in [-0.2, 0) is 17.8 Å². The number of carbonyl (C=O) groups is 1. The second-order valence-corrected chi connectivity index (χ2v) is 6.17.